The van der Waals surface area contributed by atoms with E-state index in [0.29, 0.717) is 55.8 Å². The molecule has 2 aromatic heterocycles. The van der Waals surface area contributed by atoms with Gasteiger partial charge >= 0.3 is 6.09 Å². The maximum atomic E-state index is 14.2. The molecule has 0 spiro atoms. The lowest BCUT2D eigenvalue weighted by Crippen LogP contribution is -2.42. The molecule has 9 nitrogen and oxygen atoms in total. The van der Waals surface area contributed by atoms with Gasteiger partial charge in [-0.3, -0.25) is 9.69 Å². The van der Waals surface area contributed by atoms with Gasteiger partial charge in [0, 0.05) is 37.2 Å². The number of nitrogens with zero attached hydrogens (tertiary/aromatic N) is 3. The third kappa shape index (κ3) is 6.92. The Morgan fingerprint density at radius 2 is 1.73 bits per heavy atom. The number of anilines is 1. The zero-order chi connectivity index (χ0) is 30.6. The summed E-state index contributed by atoms with van der Waals surface area (Å²) in [5, 5.41) is 2.52. The summed E-state index contributed by atoms with van der Waals surface area (Å²) in [5.74, 6) is 3.71. The molecule has 3 saturated carbocycles. The quantitative estimate of drug-likeness (QED) is 0.278. The van der Waals surface area contributed by atoms with Crippen LogP contribution in [0.2, 0.25) is 0 Å². The maximum absolute atomic E-state index is 14.2. The Labute approximate surface area is 259 Å². The van der Waals surface area contributed by atoms with E-state index < -0.39 is 6.09 Å². The first-order valence-electron chi connectivity index (χ1n) is 16.2. The number of aromatic nitrogens is 2. The molecule has 0 unspecified atom stereocenters. The monoisotopic (exact) mass is 600 g/mol. The summed E-state index contributed by atoms with van der Waals surface area (Å²) in [7, 11) is 3.28. The van der Waals surface area contributed by atoms with Gasteiger partial charge in [0.2, 0.25) is 5.91 Å². The van der Waals surface area contributed by atoms with Crippen molar-refractivity contribution in [3.63, 3.8) is 0 Å². The van der Waals surface area contributed by atoms with Gasteiger partial charge in [0.25, 0.3) is 0 Å². The molecule has 3 aliphatic carbocycles. The predicted molar refractivity (Wildman–Crippen MR) is 168 cm³/mol. The number of carbonyl (C=O) groups is 2. The lowest BCUT2D eigenvalue weighted by atomic mass is 9.78. The molecule has 3 aliphatic rings. The second-order valence-corrected chi connectivity index (χ2v) is 12.8. The fourth-order valence-electron chi connectivity index (χ4n) is 6.91. The van der Waals surface area contributed by atoms with Crippen LogP contribution in [0.4, 0.5) is 10.6 Å². The summed E-state index contributed by atoms with van der Waals surface area (Å²) >= 11 is 0. The number of carbonyl (C=O) groups excluding carboxylic acids is 2. The van der Waals surface area contributed by atoms with E-state index in [-0.39, 0.29) is 17.9 Å². The Hall–Kier alpha value is -3.88. The Kier molecular flexibility index (Phi) is 9.19. The number of amides is 2. The van der Waals surface area contributed by atoms with Crippen molar-refractivity contribution in [1.82, 2.24) is 15.3 Å². The highest BCUT2D eigenvalue weighted by atomic mass is 16.6. The molecule has 1 N–H and O–H groups in total. The van der Waals surface area contributed by atoms with Crippen LogP contribution >= 0.6 is 0 Å². The Morgan fingerprint density at radius 1 is 0.977 bits per heavy atom. The molecular formula is C35H44N4O5. The van der Waals surface area contributed by atoms with E-state index in [1.54, 1.807) is 26.6 Å². The first kappa shape index (κ1) is 30.2. The summed E-state index contributed by atoms with van der Waals surface area (Å²) in [4.78, 5) is 37.3. The molecule has 9 heteroatoms. The van der Waals surface area contributed by atoms with E-state index in [2.05, 4.69) is 30.4 Å². The topological polar surface area (TPSA) is 107 Å². The molecule has 2 heterocycles. The number of hydrogen-bond acceptors (Lipinski definition) is 7. The van der Waals surface area contributed by atoms with E-state index in [1.807, 2.05) is 17.0 Å². The highest BCUT2D eigenvalue weighted by Crippen LogP contribution is 2.41. The van der Waals surface area contributed by atoms with Crippen LogP contribution in [-0.4, -0.2) is 48.8 Å². The van der Waals surface area contributed by atoms with Crippen LogP contribution < -0.4 is 15.0 Å². The summed E-state index contributed by atoms with van der Waals surface area (Å²) < 4.78 is 16.7. The lowest BCUT2D eigenvalue weighted by Gasteiger charge is -2.35. The number of alkyl carbamates (subject to hydrolysis) is 1. The van der Waals surface area contributed by atoms with E-state index in [4.69, 9.17) is 23.9 Å². The number of methoxy groups -OCH3 is 1. The highest BCUT2D eigenvalue weighted by Gasteiger charge is 2.34. The minimum atomic E-state index is -0.416. The summed E-state index contributed by atoms with van der Waals surface area (Å²) in [6.07, 6.45) is 12.2. The standard InChI is InChI=1S/C35H44N4O5/c1-22-18-27(12-15-31(22)42-3)24-6-4-23(5-7-24)20-39(34(40)26-10-13-29(14-11-26)44-35(41)36-2)32-19-28(16-17-37-32)30-21-43-33(38-30)25-8-9-25/h12,15-19,21,23-26,29H,4-11,13-14,20H2,1-3H3,(H,36,41)/t23-,24-,26-,29-. The molecule has 0 bridgehead atoms. The third-order valence-electron chi connectivity index (χ3n) is 9.71. The van der Waals surface area contributed by atoms with Crippen molar-refractivity contribution < 1.29 is 23.5 Å². The number of pyridine rings is 1. The van der Waals surface area contributed by atoms with Gasteiger partial charge in [0.15, 0.2) is 5.89 Å². The van der Waals surface area contributed by atoms with E-state index in [9.17, 15) is 9.59 Å². The lowest BCUT2D eigenvalue weighted by molar-refractivity contribution is -0.124. The van der Waals surface area contributed by atoms with Crippen molar-refractivity contribution in [2.45, 2.75) is 89.1 Å². The molecule has 3 fully saturated rings. The smallest absolute Gasteiger partial charge is 0.407 e. The van der Waals surface area contributed by atoms with Gasteiger partial charge in [-0.05, 0) is 112 Å². The van der Waals surface area contributed by atoms with Crippen LogP contribution in [0.5, 0.6) is 5.75 Å². The molecule has 0 saturated heterocycles. The van der Waals surface area contributed by atoms with Crippen LogP contribution in [0.3, 0.4) is 0 Å². The number of oxazole rings is 1. The zero-order valence-electron chi connectivity index (χ0n) is 26.1. The van der Waals surface area contributed by atoms with Gasteiger partial charge in [0.05, 0.1) is 7.11 Å². The minimum Gasteiger partial charge on any atom is -0.496 e. The summed E-state index contributed by atoms with van der Waals surface area (Å²) in [6.45, 7) is 2.74. The maximum Gasteiger partial charge on any atom is 0.407 e. The van der Waals surface area contributed by atoms with Gasteiger partial charge < -0.3 is 19.2 Å². The van der Waals surface area contributed by atoms with Crippen LogP contribution in [0, 0.1) is 18.8 Å². The SMILES string of the molecule is CNC(=O)O[C@H]1CC[C@H](C(=O)N(C[C@H]2CC[C@H](c3ccc(OC)c(C)c3)CC2)c2cc(-c3coc(C4CC4)n3)ccn2)CC1. The fourth-order valence-corrected chi connectivity index (χ4v) is 6.91. The molecular weight excluding hydrogens is 556 g/mol. The number of aryl methyl sites for hydroxylation is 1. The van der Waals surface area contributed by atoms with Crippen molar-refractivity contribution in [3.05, 3.63) is 59.8 Å². The molecule has 0 radical (unpaired) electrons. The molecule has 6 rings (SSSR count). The van der Waals surface area contributed by atoms with Crippen molar-refractivity contribution in [2.24, 2.45) is 11.8 Å². The molecule has 1 aromatic carbocycles. The van der Waals surface area contributed by atoms with Crippen molar-refractivity contribution in [3.8, 4) is 17.0 Å². The zero-order valence-corrected chi connectivity index (χ0v) is 26.1. The van der Waals surface area contributed by atoms with E-state index in [0.717, 1.165) is 61.4 Å². The Bertz CT molecular complexity index is 1450. The van der Waals surface area contributed by atoms with E-state index in [1.165, 1.54) is 11.1 Å². The van der Waals surface area contributed by atoms with Gasteiger partial charge in [0.1, 0.15) is 29.6 Å². The number of rotatable bonds is 9. The normalized spacial score (nSPS) is 23.5. The fraction of sp³-hybridized carbons (Fsp3) is 0.543. The average Bonchev–Trinajstić information content (AvgIpc) is 3.79. The number of nitrogens with one attached hydrogen (secondary N) is 1. The number of hydrogen-bond donors (Lipinski definition) is 1. The van der Waals surface area contributed by atoms with Gasteiger partial charge in [-0.2, -0.15) is 0 Å². The van der Waals surface area contributed by atoms with Crippen LogP contribution in [0.15, 0.2) is 47.2 Å². The second-order valence-electron chi connectivity index (χ2n) is 12.8. The van der Waals surface area contributed by atoms with Crippen LogP contribution in [0.1, 0.15) is 93.1 Å². The van der Waals surface area contributed by atoms with Gasteiger partial charge in [-0.15, -0.1) is 0 Å². The Morgan fingerprint density at radius 3 is 2.41 bits per heavy atom. The largest absolute Gasteiger partial charge is 0.496 e. The second kappa shape index (κ2) is 13.4. The summed E-state index contributed by atoms with van der Waals surface area (Å²) in [5.41, 5.74) is 4.23. The van der Waals surface area contributed by atoms with Crippen LogP contribution in [0.25, 0.3) is 11.3 Å². The average molecular weight is 601 g/mol. The predicted octanol–water partition coefficient (Wildman–Crippen LogP) is 7.15. The van der Waals surface area contributed by atoms with Crippen molar-refractivity contribution in [2.75, 3.05) is 25.6 Å². The molecule has 44 heavy (non-hydrogen) atoms. The highest BCUT2D eigenvalue weighted by molar-refractivity contribution is 5.94. The first-order chi connectivity index (χ1) is 21.4. The summed E-state index contributed by atoms with van der Waals surface area (Å²) in [6, 6.07) is 10.5. The third-order valence-corrected chi connectivity index (χ3v) is 9.71. The van der Waals surface area contributed by atoms with E-state index >= 15 is 0 Å². The van der Waals surface area contributed by atoms with Crippen LogP contribution in [-0.2, 0) is 9.53 Å². The number of benzene rings is 1. The molecule has 2 amide bonds. The van der Waals surface area contributed by atoms with Crippen molar-refractivity contribution in [1.29, 1.82) is 0 Å². The molecule has 0 atom stereocenters. The molecule has 234 valence electrons. The molecule has 0 aliphatic heterocycles. The molecule has 3 aromatic rings. The van der Waals surface area contributed by atoms with Crippen molar-refractivity contribution >= 4 is 17.8 Å². The van der Waals surface area contributed by atoms with Gasteiger partial charge in [-0.25, -0.2) is 14.8 Å². The van der Waals surface area contributed by atoms with Gasteiger partial charge in [-0.1, -0.05) is 12.1 Å². The minimum absolute atomic E-state index is 0.111. The first-order valence-corrected chi connectivity index (χ1v) is 16.2. The Balaban J connectivity index is 1.17. The number of ether oxygens (including phenoxy) is 2.